The molecular formula is C10H11Cl7O2SSi2. The third-order valence-electron chi connectivity index (χ3n) is 2.98. The van der Waals surface area contributed by atoms with E-state index in [0.29, 0.717) is 20.5 Å². The van der Waals surface area contributed by atoms with Gasteiger partial charge < -0.3 is 0 Å². The van der Waals surface area contributed by atoms with Crippen molar-refractivity contribution in [2.24, 2.45) is 0 Å². The summed E-state index contributed by atoms with van der Waals surface area (Å²) in [5.74, 6) is 0. The fourth-order valence-corrected chi connectivity index (χ4v) is 4.57. The van der Waals surface area contributed by atoms with E-state index in [0.717, 1.165) is 0 Å². The molecule has 0 saturated heterocycles. The van der Waals surface area contributed by atoms with Crippen LogP contribution in [0.3, 0.4) is 0 Å². The van der Waals surface area contributed by atoms with Crippen molar-refractivity contribution in [2.75, 3.05) is 0 Å². The number of hydrogen-bond donors (Lipinski definition) is 0. The zero-order valence-corrected chi connectivity index (χ0v) is 21.4. The summed E-state index contributed by atoms with van der Waals surface area (Å²) in [6.07, 6.45) is 0. The van der Waals surface area contributed by atoms with Crippen LogP contribution in [0.2, 0.25) is 0 Å². The maximum atomic E-state index is 11.9. The minimum absolute atomic E-state index is 0.0326. The first kappa shape index (κ1) is 21.7. The van der Waals surface area contributed by atoms with Gasteiger partial charge in [0.1, 0.15) is 0 Å². The molecular weight excluding hydrogens is 489 g/mol. The van der Waals surface area contributed by atoms with Gasteiger partial charge >= 0.3 is 0 Å². The van der Waals surface area contributed by atoms with E-state index in [1.165, 1.54) is 18.2 Å². The second kappa shape index (κ2) is 7.48. The lowest BCUT2D eigenvalue weighted by Crippen LogP contribution is -2.33. The van der Waals surface area contributed by atoms with Crippen LogP contribution < -0.4 is 0 Å². The molecule has 0 aliphatic heterocycles. The highest BCUT2D eigenvalue weighted by atomic mass is 35.7. The third-order valence-corrected chi connectivity index (χ3v) is 10.7. The van der Waals surface area contributed by atoms with E-state index in [4.69, 9.17) is 80.3 Å². The first-order chi connectivity index (χ1) is 9.74. The van der Waals surface area contributed by atoms with E-state index in [2.05, 4.69) is 0 Å². The largest absolute Gasteiger partial charge is 0.261 e. The first-order valence-electron chi connectivity index (χ1n) is 5.86. The van der Waals surface area contributed by atoms with Gasteiger partial charge in [-0.2, -0.15) is 0 Å². The normalized spacial score (nSPS) is 16.7. The molecule has 12 heteroatoms. The Bertz CT molecular complexity index is 661. The van der Waals surface area contributed by atoms with Crippen LogP contribution >= 0.6 is 80.3 Å². The molecule has 1 rings (SSSR count). The van der Waals surface area contributed by atoms with Gasteiger partial charge in [-0.15, -0.1) is 23.2 Å². The number of alkyl halides is 6. The van der Waals surface area contributed by atoms with Crippen molar-refractivity contribution >= 4 is 110 Å². The zero-order valence-electron chi connectivity index (χ0n) is 11.3. The zero-order chi connectivity index (χ0) is 17.5. The van der Waals surface area contributed by atoms with Gasteiger partial charge in [-0.1, -0.05) is 58.5 Å². The lowest BCUT2D eigenvalue weighted by molar-refractivity contribution is 0.607. The summed E-state index contributed by atoms with van der Waals surface area (Å²) in [5, 5.41) is -1.35. The standard InChI is InChI=1S/C10H11Cl7O2SSi2/c11-7(21)9(13,14)4-2-1-3-5(20(17,18)19)6(4)10(15,16)8(12)22/h1-3,7-8H,21-22H3. The molecule has 0 radical (unpaired) electrons. The Morgan fingerprint density at radius 1 is 0.955 bits per heavy atom. The highest BCUT2D eigenvalue weighted by molar-refractivity contribution is 8.13. The van der Waals surface area contributed by atoms with Crippen molar-refractivity contribution in [1.82, 2.24) is 0 Å². The molecule has 2 nitrogen and oxygen atoms in total. The van der Waals surface area contributed by atoms with E-state index in [1.54, 1.807) is 0 Å². The Morgan fingerprint density at radius 2 is 1.41 bits per heavy atom. The van der Waals surface area contributed by atoms with Crippen LogP contribution in [0.4, 0.5) is 0 Å². The SMILES string of the molecule is O=S(=O)(Cl)c1cccc(C(Cl)(Cl)C([SiH3])Cl)c1C(Cl)(Cl)C([SiH3])Cl. The summed E-state index contributed by atoms with van der Waals surface area (Å²) in [5.41, 5.74) is 0.147. The molecule has 0 heterocycles. The first-order valence-corrected chi connectivity index (χ1v) is 12.9. The molecule has 1 aromatic carbocycles. The lowest BCUT2D eigenvalue weighted by Gasteiger charge is -2.32. The summed E-state index contributed by atoms with van der Waals surface area (Å²) >= 11 is 37.4. The smallest absolute Gasteiger partial charge is 0.207 e. The van der Waals surface area contributed by atoms with Crippen LogP contribution in [-0.4, -0.2) is 38.9 Å². The van der Waals surface area contributed by atoms with Crippen LogP contribution in [0.5, 0.6) is 0 Å². The van der Waals surface area contributed by atoms with Crippen molar-refractivity contribution < 1.29 is 8.42 Å². The van der Waals surface area contributed by atoms with Gasteiger partial charge in [0.15, 0.2) is 8.67 Å². The van der Waals surface area contributed by atoms with Gasteiger partial charge in [0, 0.05) is 36.7 Å². The molecule has 22 heavy (non-hydrogen) atoms. The van der Waals surface area contributed by atoms with Crippen molar-refractivity contribution in [2.45, 2.75) is 23.6 Å². The lowest BCUT2D eigenvalue weighted by atomic mass is 10.0. The van der Waals surface area contributed by atoms with E-state index in [1.807, 2.05) is 0 Å². The molecule has 0 fully saturated rings. The summed E-state index contributed by atoms with van der Waals surface area (Å²) in [7, 11) is 2.16. The van der Waals surface area contributed by atoms with E-state index < -0.39 is 27.7 Å². The second-order valence-corrected chi connectivity index (χ2v) is 15.0. The number of halogens is 7. The highest BCUT2D eigenvalue weighted by Gasteiger charge is 2.45. The molecule has 2 atom stereocenters. The van der Waals surface area contributed by atoms with Crippen LogP contribution in [-0.2, 0) is 17.7 Å². The second-order valence-electron chi connectivity index (χ2n) is 4.59. The fraction of sp³-hybridized carbons (Fsp3) is 0.400. The molecule has 0 aliphatic carbocycles. The molecule has 2 unspecified atom stereocenters. The van der Waals surface area contributed by atoms with Crippen LogP contribution in [0.25, 0.3) is 0 Å². The average molecular weight is 500 g/mol. The molecule has 0 aliphatic rings. The number of rotatable bonds is 5. The molecule has 0 spiro atoms. The van der Waals surface area contributed by atoms with Gasteiger partial charge in [0.2, 0.25) is 0 Å². The number of benzene rings is 1. The van der Waals surface area contributed by atoms with Gasteiger partial charge in [0.05, 0.1) is 14.9 Å². The summed E-state index contributed by atoms with van der Waals surface area (Å²) in [4.78, 5) is -0.289. The van der Waals surface area contributed by atoms with Crippen molar-refractivity contribution in [3.05, 3.63) is 29.3 Å². The maximum Gasteiger partial charge on any atom is 0.261 e. The molecule has 0 aromatic heterocycles. The maximum absolute atomic E-state index is 11.9. The highest BCUT2D eigenvalue weighted by Crippen LogP contribution is 2.50. The molecule has 0 saturated carbocycles. The Balaban J connectivity index is 3.90. The van der Waals surface area contributed by atoms with Gasteiger partial charge in [-0.3, -0.25) is 0 Å². The summed E-state index contributed by atoms with van der Waals surface area (Å²) in [6.45, 7) is 0. The van der Waals surface area contributed by atoms with Crippen molar-refractivity contribution in [1.29, 1.82) is 0 Å². The fourth-order valence-electron chi connectivity index (χ4n) is 1.77. The Morgan fingerprint density at radius 3 is 1.77 bits per heavy atom. The molecule has 126 valence electrons. The van der Waals surface area contributed by atoms with Crippen LogP contribution in [0, 0.1) is 0 Å². The number of hydrogen-bond acceptors (Lipinski definition) is 2. The predicted molar refractivity (Wildman–Crippen MR) is 105 cm³/mol. The minimum Gasteiger partial charge on any atom is -0.207 e. The predicted octanol–water partition coefficient (Wildman–Crippen LogP) is 2.74. The molecule has 0 N–H and O–H groups in total. The Labute approximate surface area is 169 Å². The van der Waals surface area contributed by atoms with Crippen LogP contribution in [0.1, 0.15) is 11.1 Å². The topological polar surface area (TPSA) is 34.1 Å². The van der Waals surface area contributed by atoms with E-state index in [9.17, 15) is 8.42 Å². The quantitative estimate of drug-likeness (QED) is 0.355. The minimum atomic E-state index is -4.15. The van der Waals surface area contributed by atoms with Crippen molar-refractivity contribution in [3.8, 4) is 0 Å². The Kier molecular flexibility index (Phi) is 7.37. The Hall–Kier alpha value is 1.63. The summed E-state index contributed by atoms with van der Waals surface area (Å²) in [6, 6.07) is 4.21. The van der Waals surface area contributed by atoms with E-state index in [-0.39, 0.29) is 16.0 Å². The van der Waals surface area contributed by atoms with Crippen molar-refractivity contribution in [3.63, 3.8) is 0 Å². The van der Waals surface area contributed by atoms with Gasteiger partial charge in [-0.25, -0.2) is 8.42 Å². The van der Waals surface area contributed by atoms with Gasteiger partial charge in [0.25, 0.3) is 9.05 Å². The average Bonchev–Trinajstić information content (AvgIpc) is 2.36. The molecule has 0 amide bonds. The van der Waals surface area contributed by atoms with Gasteiger partial charge in [-0.05, 0) is 11.6 Å². The molecule has 0 bridgehead atoms. The monoisotopic (exact) mass is 496 g/mol. The van der Waals surface area contributed by atoms with Crippen LogP contribution in [0.15, 0.2) is 23.1 Å². The van der Waals surface area contributed by atoms with E-state index >= 15 is 0 Å². The third kappa shape index (κ3) is 4.42. The molecule has 1 aromatic rings. The summed E-state index contributed by atoms with van der Waals surface area (Å²) < 4.78 is 20.4.